The number of hydrazine groups is 1. The number of benzene rings is 2. The summed E-state index contributed by atoms with van der Waals surface area (Å²) >= 11 is 5.65. The van der Waals surface area contributed by atoms with Crippen molar-refractivity contribution in [2.75, 3.05) is 12.4 Å². The molecule has 6 heteroatoms. The molecule has 0 spiro atoms. The lowest BCUT2D eigenvalue weighted by atomic mass is 10.1. The van der Waals surface area contributed by atoms with E-state index in [0.29, 0.717) is 5.11 Å². The summed E-state index contributed by atoms with van der Waals surface area (Å²) in [7, 11) is 1.66. The Labute approximate surface area is 163 Å². The van der Waals surface area contributed by atoms with E-state index >= 15 is 0 Å². The van der Waals surface area contributed by atoms with Gasteiger partial charge >= 0.3 is 0 Å². The van der Waals surface area contributed by atoms with Crippen LogP contribution in [0.4, 0.5) is 5.69 Å². The van der Waals surface area contributed by atoms with Crippen molar-refractivity contribution in [2.45, 2.75) is 6.04 Å². The number of hydrogen-bond acceptors (Lipinski definition) is 4. The number of hydrogen-bond donors (Lipinski definition) is 2. The number of methoxy groups -OCH3 is 1. The predicted molar refractivity (Wildman–Crippen MR) is 110 cm³/mol. The maximum absolute atomic E-state index is 5.65. The molecule has 5 nitrogen and oxygen atoms in total. The zero-order valence-corrected chi connectivity index (χ0v) is 15.6. The van der Waals surface area contributed by atoms with Crippen LogP contribution < -0.4 is 15.5 Å². The van der Waals surface area contributed by atoms with E-state index in [-0.39, 0.29) is 6.04 Å². The number of ether oxygens (including phenoxy) is 1. The van der Waals surface area contributed by atoms with Gasteiger partial charge in [-0.1, -0.05) is 18.2 Å². The SMILES string of the molecule is COc1ccc(C2=C[C@@H](c3ccco3)N(C(=S)Nc3ccccc3)N2)cc1. The molecule has 2 heterocycles. The Bertz CT molecular complexity index is 937. The van der Waals surface area contributed by atoms with Crippen molar-refractivity contribution < 1.29 is 9.15 Å². The normalized spacial score (nSPS) is 15.8. The molecular weight excluding hydrogens is 358 g/mol. The minimum absolute atomic E-state index is 0.152. The lowest BCUT2D eigenvalue weighted by Crippen LogP contribution is -2.42. The number of nitrogens with one attached hydrogen (secondary N) is 2. The predicted octanol–water partition coefficient (Wildman–Crippen LogP) is 4.59. The largest absolute Gasteiger partial charge is 0.497 e. The molecule has 4 rings (SSSR count). The maximum Gasteiger partial charge on any atom is 0.193 e. The summed E-state index contributed by atoms with van der Waals surface area (Å²) in [6.45, 7) is 0. The quantitative estimate of drug-likeness (QED) is 0.649. The molecule has 0 amide bonds. The first-order valence-corrected chi connectivity index (χ1v) is 8.97. The van der Waals surface area contributed by atoms with Crippen molar-refractivity contribution in [2.24, 2.45) is 0 Å². The smallest absolute Gasteiger partial charge is 0.193 e. The second kappa shape index (κ2) is 7.55. The van der Waals surface area contributed by atoms with Crippen LogP contribution >= 0.6 is 12.2 Å². The fourth-order valence-corrected chi connectivity index (χ4v) is 3.23. The zero-order chi connectivity index (χ0) is 18.6. The topological polar surface area (TPSA) is 49.7 Å². The third kappa shape index (κ3) is 3.66. The molecule has 3 aromatic rings. The van der Waals surface area contributed by atoms with E-state index in [2.05, 4.69) is 16.8 Å². The first-order valence-electron chi connectivity index (χ1n) is 8.56. The van der Waals surface area contributed by atoms with Gasteiger partial charge in [-0.15, -0.1) is 0 Å². The van der Waals surface area contributed by atoms with Crippen molar-refractivity contribution in [3.8, 4) is 5.75 Å². The van der Waals surface area contributed by atoms with Crippen LogP contribution in [-0.4, -0.2) is 17.2 Å². The molecular formula is C21H19N3O2S. The zero-order valence-electron chi connectivity index (χ0n) is 14.8. The molecule has 0 fully saturated rings. The molecule has 0 radical (unpaired) electrons. The molecule has 1 aliphatic heterocycles. The van der Waals surface area contributed by atoms with Crippen LogP contribution in [-0.2, 0) is 0 Å². The lowest BCUT2D eigenvalue weighted by Gasteiger charge is -2.27. The molecule has 1 aliphatic rings. The molecule has 1 atom stereocenters. The van der Waals surface area contributed by atoms with Gasteiger partial charge < -0.3 is 14.5 Å². The molecule has 2 aromatic carbocycles. The van der Waals surface area contributed by atoms with Gasteiger partial charge in [0.1, 0.15) is 17.6 Å². The molecule has 0 bridgehead atoms. The number of para-hydroxylation sites is 1. The average Bonchev–Trinajstić information content (AvgIpc) is 3.38. The Kier molecular flexibility index (Phi) is 4.80. The van der Waals surface area contributed by atoms with Crippen molar-refractivity contribution in [3.05, 3.63) is 90.4 Å². The summed E-state index contributed by atoms with van der Waals surface area (Å²) in [6.07, 6.45) is 3.76. The Morgan fingerprint density at radius 3 is 2.52 bits per heavy atom. The summed E-state index contributed by atoms with van der Waals surface area (Å²) in [6, 6.07) is 21.4. The lowest BCUT2D eigenvalue weighted by molar-refractivity contribution is 0.306. The van der Waals surface area contributed by atoms with E-state index in [1.165, 1.54) is 0 Å². The first kappa shape index (κ1) is 17.2. The summed E-state index contributed by atoms with van der Waals surface area (Å²) < 4.78 is 10.9. The summed E-state index contributed by atoms with van der Waals surface area (Å²) in [5.74, 6) is 1.63. The number of anilines is 1. The molecule has 0 unspecified atom stereocenters. The second-order valence-corrected chi connectivity index (χ2v) is 6.43. The van der Waals surface area contributed by atoms with Gasteiger partial charge in [-0.25, -0.2) is 5.01 Å². The highest BCUT2D eigenvalue weighted by molar-refractivity contribution is 7.80. The van der Waals surface area contributed by atoms with Crippen LogP contribution in [0.1, 0.15) is 17.4 Å². The standard InChI is InChI=1S/C21H19N3O2S/c1-25-17-11-9-15(10-12-17)18-14-19(20-8-5-13-26-20)24(23-18)21(27)22-16-6-3-2-4-7-16/h2-14,19,23H,1H3,(H,22,27)/t19-/m0/s1. The van der Waals surface area contributed by atoms with Crippen molar-refractivity contribution in [3.63, 3.8) is 0 Å². The third-order valence-electron chi connectivity index (χ3n) is 4.32. The number of nitrogens with zero attached hydrogens (tertiary/aromatic N) is 1. The average molecular weight is 377 g/mol. The molecule has 0 saturated heterocycles. The Morgan fingerprint density at radius 1 is 1.07 bits per heavy atom. The Morgan fingerprint density at radius 2 is 1.85 bits per heavy atom. The molecule has 27 heavy (non-hydrogen) atoms. The van der Waals surface area contributed by atoms with Gasteiger partial charge in [0.05, 0.1) is 19.1 Å². The Balaban J connectivity index is 1.60. The van der Waals surface area contributed by atoms with Gasteiger partial charge in [0, 0.05) is 5.69 Å². The first-order chi connectivity index (χ1) is 13.2. The van der Waals surface area contributed by atoms with E-state index in [1.54, 1.807) is 13.4 Å². The molecule has 2 N–H and O–H groups in total. The van der Waals surface area contributed by atoms with Crippen molar-refractivity contribution in [1.29, 1.82) is 0 Å². The van der Waals surface area contributed by atoms with Gasteiger partial charge in [-0.2, -0.15) is 0 Å². The molecule has 1 aromatic heterocycles. The fourth-order valence-electron chi connectivity index (χ4n) is 2.95. The summed E-state index contributed by atoms with van der Waals surface area (Å²) in [5, 5.41) is 5.71. The number of thiocarbonyl (C=S) groups is 1. The van der Waals surface area contributed by atoms with Gasteiger partial charge in [-0.3, -0.25) is 5.43 Å². The van der Waals surface area contributed by atoms with Gasteiger partial charge in [0.2, 0.25) is 0 Å². The highest BCUT2D eigenvalue weighted by Crippen LogP contribution is 2.32. The van der Waals surface area contributed by atoms with Gasteiger partial charge in [0.25, 0.3) is 0 Å². The van der Waals surface area contributed by atoms with Gasteiger partial charge in [0.15, 0.2) is 5.11 Å². The van der Waals surface area contributed by atoms with Crippen LogP contribution in [0.25, 0.3) is 5.70 Å². The van der Waals surface area contributed by atoms with Crippen molar-refractivity contribution in [1.82, 2.24) is 10.4 Å². The number of furan rings is 1. The summed E-state index contributed by atoms with van der Waals surface area (Å²) in [4.78, 5) is 0. The minimum atomic E-state index is -0.152. The van der Waals surface area contributed by atoms with Crippen LogP contribution in [0.15, 0.2) is 83.5 Å². The Hall–Kier alpha value is -3.25. The van der Waals surface area contributed by atoms with Crippen LogP contribution in [0.5, 0.6) is 5.75 Å². The highest BCUT2D eigenvalue weighted by Gasteiger charge is 2.30. The highest BCUT2D eigenvalue weighted by atomic mass is 32.1. The van der Waals surface area contributed by atoms with E-state index in [0.717, 1.165) is 28.5 Å². The summed E-state index contributed by atoms with van der Waals surface area (Å²) in [5.41, 5.74) is 6.32. The minimum Gasteiger partial charge on any atom is -0.497 e. The molecule has 0 aliphatic carbocycles. The van der Waals surface area contributed by atoms with Crippen LogP contribution in [0.3, 0.4) is 0 Å². The van der Waals surface area contributed by atoms with Crippen LogP contribution in [0.2, 0.25) is 0 Å². The number of rotatable bonds is 4. The van der Waals surface area contributed by atoms with Crippen molar-refractivity contribution >= 4 is 28.7 Å². The third-order valence-corrected chi connectivity index (χ3v) is 4.62. The van der Waals surface area contributed by atoms with E-state index in [4.69, 9.17) is 21.4 Å². The second-order valence-electron chi connectivity index (χ2n) is 6.05. The van der Waals surface area contributed by atoms with Crippen LogP contribution in [0, 0.1) is 0 Å². The van der Waals surface area contributed by atoms with E-state index in [1.807, 2.05) is 71.7 Å². The monoisotopic (exact) mass is 377 g/mol. The fraction of sp³-hybridized carbons (Fsp3) is 0.0952. The molecule has 136 valence electrons. The van der Waals surface area contributed by atoms with E-state index in [9.17, 15) is 0 Å². The van der Waals surface area contributed by atoms with E-state index < -0.39 is 0 Å². The van der Waals surface area contributed by atoms with Gasteiger partial charge in [-0.05, 0) is 72.4 Å². The maximum atomic E-state index is 5.65. The molecule has 0 saturated carbocycles.